The highest BCUT2D eigenvalue weighted by atomic mass is 79.9. The number of halogens is 2. The fourth-order valence-corrected chi connectivity index (χ4v) is 4.18. The molecule has 3 rings (SSSR count). The lowest BCUT2D eigenvalue weighted by atomic mass is 9.94. The Morgan fingerprint density at radius 3 is 2.95 bits per heavy atom. The molecule has 2 fully saturated rings. The number of piperidine rings is 1. The van der Waals surface area contributed by atoms with Crippen molar-refractivity contribution in [3.8, 4) is 0 Å². The number of nitrogens with one attached hydrogen (secondary N) is 1. The van der Waals surface area contributed by atoms with E-state index in [1.54, 1.807) is 0 Å². The number of benzene rings is 1. The molecule has 0 spiro atoms. The van der Waals surface area contributed by atoms with Gasteiger partial charge in [-0.3, -0.25) is 4.90 Å². The SMILES string of the molecule is Clc1ccc(Br)cc1CN1CCCCC1C1CCCN1. The van der Waals surface area contributed by atoms with Gasteiger partial charge in [-0.25, -0.2) is 0 Å². The predicted octanol–water partition coefficient (Wildman–Crippen LogP) is 4.21. The molecule has 0 radical (unpaired) electrons. The molecule has 2 unspecified atom stereocenters. The van der Waals surface area contributed by atoms with Gasteiger partial charge in [0, 0.05) is 28.1 Å². The van der Waals surface area contributed by atoms with Crippen LogP contribution in [0.3, 0.4) is 0 Å². The van der Waals surface area contributed by atoms with Gasteiger partial charge in [0.2, 0.25) is 0 Å². The Kier molecular flexibility index (Phi) is 5.03. The first-order chi connectivity index (χ1) is 9.74. The summed E-state index contributed by atoms with van der Waals surface area (Å²) in [6.45, 7) is 3.36. The monoisotopic (exact) mass is 356 g/mol. The largest absolute Gasteiger partial charge is 0.312 e. The molecular formula is C16H22BrClN2. The molecule has 110 valence electrons. The van der Waals surface area contributed by atoms with Gasteiger partial charge >= 0.3 is 0 Å². The van der Waals surface area contributed by atoms with Crippen molar-refractivity contribution in [3.05, 3.63) is 33.3 Å². The number of hydrogen-bond donors (Lipinski definition) is 1. The maximum Gasteiger partial charge on any atom is 0.0451 e. The molecule has 2 nitrogen and oxygen atoms in total. The summed E-state index contributed by atoms with van der Waals surface area (Å²) in [5.74, 6) is 0. The van der Waals surface area contributed by atoms with Crippen molar-refractivity contribution in [1.82, 2.24) is 10.2 Å². The zero-order chi connectivity index (χ0) is 13.9. The highest BCUT2D eigenvalue weighted by molar-refractivity contribution is 9.10. The van der Waals surface area contributed by atoms with E-state index in [0.717, 1.165) is 16.0 Å². The minimum Gasteiger partial charge on any atom is -0.312 e. The van der Waals surface area contributed by atoms with Gasteiger partial charge in [-0.1, -0.05) is 34.0 Å². The Morgan fingerprint density at radius 2 is 2.15 bits per heavy atom. The van der Waals surface area contributed by atoms with E-state index in [-0.39, 0.29) is 0 Å². The normalized spacial score (nSPS) is 27.9. The minimum atomic E-state index is 0.682. The summed E-state index contributed by atoms with van der Waals surface area (Å²) in [6.07, 6.45) is 6.66. The second-order valence-electron chi connectivity index (χ2n) is 5.97. The Balaban J connectivity index is 1.74. The zero-order valence-corrected chi connectivity index (χ0v) is 14.1. The summed E-state index contributed by atoms with van der Waals surface area (Å²) >= 11 is 9.91. The van der Waals surface area contributed by atoms with E-state index in [1.165, 1.54) is 50.8 Å². The average molecular weight is 358 g/mol. The summed E-state index contributed by atoms with van der Waals surface area (Å²) in [5, 5.41) is 4.57. The van der Waals surface area contributed by atoms with E-state index in [9.17, 15) is 0 Å². The Labute approximate surface area is 135 Å². The summed E-state index contributed by atoms with van der Waals surface area (Å²) < 4.78 is 1.12. The van der Waals surface area contributed by atoms with Gasteiger partial charge in [0.05, 0.1) is 0 Å². The van der Waals surface area contributed by atoms with Crippen LogP contribution in [0.15, 0.2) is 22.7 Å². The van der Waals surface area contributed by atoms with Crippen LogP contribution in [-0.4, -0.2) is 30.1 Å². The molecule has 0 saturated carbocycles. The van der Waals surface area contributed by atoms with Crippen molar-refractivity contribution in [1.29, 1.82) is 0 Å². The fourth-order valence-electron chi connectivity index (χ4n) is 3.59. The minimum absolute atomic E-state index is 0.682. The first-order valence-electron chi connectivity index (χ1n) is 7.65. The first-order valence-corrected chi connectivity index (χ1v) is 8.82. The van der Waals surface area contributed by atoms with Crippen molar-refractivity contribution >= 4 is 27.5 Å². The molecule has 1 N–H and O–H groups in total. The third-order valence-corrected chi connectivity index (χ3v) is 5.47. The first kappa shape index (κ1) is 14.8. The lowest BCUT2D eigenvalue weighted by Crippen LogP contribution is -2.49. The molecule has 2 aliphatic rings. The number of likely N-dealkylation sites (tertiary alicyclic amines) is 1. The molecular weight excluding hydrogens is 336 g/mol. The summed E-state index contributed by atoms with van der Waals surface area (Å²) in [4.78, 5) is 2.64. The topological polar surface area (TPSA) is 15.3 Å². The van der Waals surface area contributed by atoms with Crippen LogP contribution in [0.2, 0.25) is 5.02 Å². The van der Waals surface area contributed by atoms with Gasteiger partial charge in [-0.15, -0.1) is 0 Å². The fraction of sp³-hybridized carbons (Fsp3) is 0.625. The maximum atomic E-state index is 6.36. The lowest BCUT2D eigenvalue weighted by Gasteiger charge is -2.39. The second kappa shape index (κ2) is 6.78. The highest BCUT2D eigenvalue weighted by Gasteiger charge is 2.31. The molecule has 0 bridgehead atoms. The van der Waals surface area contributed by atoms with Crippen LogP contribution in [0, 0.1) is 0 Å². The van der Waals surface area contributed by atoms with Crippen LogP contribution in [0.5, 0.6) is 0 Å². The van der Waals surface area contributed by atoms with Crippen LogP contribution >= 0.6 is 27.5 Å². The van der Waals surface area contributed by atoms with E-state index in [4.69, 9.17) is 11.6 Å². The van der Waals surface area contributed by atoms with Crippen LogP contribution in [-0.2, 0) is 6.54 Å². The molecule has 2 atom stereocenters. The summed E-state index contributed by atoms with van der Waals surface area (Å²) in [7, 11) is 0. The molecule has 2 heterocycles. The van der Waals surface area contributed by atoms with Crippen LogP contribution in [0.4, 0.5) is 0 Å². The number of nitrogens with zero attached hydrogens (tertiary/aromatic N) is 1. The van der Waals surface area contributed by atoms with Gasteiger partial charge in [-0.2, -0.15) is 0 Å². The standard InChI is InChI=1S/C16H22BrClN2/c17-13-6-7-14(18)12(10-13)11-20-9-2-1-5-16(20)15-4-3-8-19-15/h6-7,10,15-16,19H,1-5,8-9,11H2. The Bertz CT molecular complexity index is 460. The van der Waals surface area contributed by atoms with Crippen molar-refractivity contribution in [2.75, 3.05) is 13.1 Å². The van der Waals surface area contributed by atoms with Gasteiger partial charge < -0.3 is 5.32 Å². The van der Waals surface area contributed by atoms with Gasteiger partial charge in [0.25, 0.3) is 0 Å². The lowest BCUT2D eigenvalue weighted by molar-refractivity contribution is 0.112. The van der Waals surface area contributed by atoms with Gasteiger partial charge in [0.1, 0.15) is 0 Å². The van der Waals surface area contributed by atoms with Crippen molar-refractivity contribution in [2.45, 2.75) is 50.7 Å². The van der Waals surface area contributed by atoms with Crippen molar-refractivity contribution in [2.24, 2.45) is 0 Å². The molecule has 4 heteroatoms. The molecule has 0 amide bonds. The van der Waals surface area contributed by atoms with E-state index >= 15 is 0 Å². The molecule has 1 aromatic rings. The number of rotatable bonds is 3. The third kappa shape index (κ3) is 3.38. The van der Waals surface area contributed by atoms with E-state index < -0.39 is 0 Å². The third-order valence-electron chi connectivity index (χ3n) is 4.61. The van der Waals surface area contributed by atoms with Crippen LogP contribution in [0.25, 0.3) is 0 Å². The van der Waals surface area contributed by atoms with Crippen LogP contribution in [0.1, 0.15) is 37.7 Å². The highest BCUT2D eigenvalue weighted by Crippen LogP contribution is 2.28. The quantitative estimate of drug-likeness (QED) is 0.872. The van der Waals surface area contributed by atoms with E-state index in [1.807, 2.05) is 12.1 Å². The second-order valence-corrected chi connectivity index (χ2v) is 7.30. The molecule has 2 aliphatic heterocycles. The van der Waals surface area contributed by atoms with Gasteiger partial charge in [0.15, 0.2) is 0 Å². The average Bonchev–Trinajstić information content (AvgIpc) is 2.97. The number of hydrogen-bond acceptors (Lipinski definition) is 2. The molecule has 0 aliphatic carbocycles. The summed E-state index contributed by atoms with van der Waals surface area (Å²) in [5.41, 5.74) is 1.24. The maximum absolute atomic E-state index is 6.36. The summed E-state index contributed by atoms with van der Waals surface area (Å²) in [6, 6.07) is 7.53. The molecule has 1 aromatic carbocycles. The van der Waals surface area contributed by atoms with E-state index in [2.05, 4.69) is 32.2 Å². The van der Waals surface area contributed by atoms with Crippen molar-refractivity contribution in [3.63, 3.8) is 0 Å². The van der Waals surface area contributed by atoms with E-state index in [0.29, 0.717) is 12.1 Å². The smallest absolute Gasteiger partial charge is 0.0451 e. The Hall–Kier alpha value is -0.0900. The Morgan fingerprint density at radius 1 is 1.25 bits per heavy atom. The molecule has 20 heavy (non-hydrogen) atoms. The van der Waals surface area contributed by atoms with Crippen molar-refractivity contribution < 1.29 is 0 Å². The van der Waals surface area contributed by atoms with Gasteiger partial charge in [-0.05, 0) is 62.5 Å². The molecule has 0 aromatic heterocycles. The predicted molar refractivity (Wildman–Crippen MR) is 88.2 cm³/mol. The molecule has 2 saturated heterocycles. The zero-order valence-electron chi connectivity index (χ0n) is 11.7. The van der Waals surface area contributed by atoms with Crippen LogP contribution < -0.4 is 5.32 Å².